The first-order chi connectivity index (χ1) is 8.75. The standard InChI is InChI=1S/C16H24N2/c1-13-5-6-15(18-9-2-3-10-18)14(11-13)16(12-17)7-4-8-16/h5-6,11H,2-4,7-10,12,17H2,1H3. The molecule has 2 heteroatoms. The molecule has 0 atom stereocenters. The first-order valence-corrected chi connectivity index (χ1v) is 7.31. The lowest BCUT2D eigenvalue weighted by atomic mass is 9.64. The highest BCUT2D eigenvalue weighted by molar-refractivity contribution is 5.59. The highest BCUT2D eigenvalue weighted by Gasteiger charge is 2.39. The molecule has 1 saturated carbocycles. The van der Waals surface area contributed by atoms with Crippen molar-refractivity contribution in [1.82, 2.24) is 0 Å². The minimum Gasteiger partial charge on any atom is -0.371 e. The van der Waals surface area contributed by atoms with E-state index in [-0.39, 0.29) is 5.41 Å². The number of nitrogens with zero attached hydrogens (tertiary/aromatic N) is 1. The van der Waals surface area contributed by atoms with Crippen molar-refractivity contribution in [2.24, 2.45) is 5.73 Å². The van der Waals surface area contributed by atoms with Gasteiger partial charge < -0.3 is 10.6 Å². The smallest absolute Gasteiger partial charge is 0.0405 e. The number of rotatable bonds is 3. The van der Waals surface area contributed by atoms with Crippen LogP contribution in [-0.2, 0) is 5.41 Å². The molecule has 1 aromatic rings. The highest BCUT2D eigenvalue weighted by atomic mass is 15.1. The van der Waals surface area contributed by atoms with E-state index in [9.17, 15) is 0 Å². The van der Waals surface area contributed by atoms with Crippen molar-refractivity contribution in [1.29, 1.82) is 0 Å². The van der Waals surface area contributed by atoms with Crippen LogP contribution in [0.1, 0.15) is 43.2 Å². The highest BCUT2D eigenvalue weighted by Crippen LogP contribution is 2.47. The lowest BCUT2D eigenvalue weighted by molar-refractivity contribution is 0.253. The average molecular weight is 244 g/mol. The summed E-state index contributed by atoms with van der Waals surface area (Å²) in [6, 6.07) is 6.96. The third-order valence-electron chi connectivity index (χ3n) is 4.87. The van der Waals surface area contributed by atoms with E-state index in [2.05, 4.69) is 30.0 Å². The Morgan fingerprint density at radius 1 is 1.17 bits per heavy atom. The van der Waals surface area contributed by atoms with Gasteiger partial charge in [0.15, 0.2) is 0 Å². The molecular weight excluding hydrogens is 220 g/mol. The zero-order chi connectivity index (χ0) is 12.6. The summed E-state index contributed by atoms with van der Waals surface area (Å²) in [6.07, 6.45) is 6.55. The molecule has 0 amide bonds. The van der Waals surface area contributed by atoms with E-state index in [0.717, 1.165) is 6.54 Å². The van der Waals surface area contributed by atoms with Crippen molar-refractivity contribution in [3.63, 3.8) is 0 Å². The van der Waals surface area contributed by atoms with Crippen LogP contribution in [0.2, 0.25) is 0 Å². The van der Waals surface area contributed by atoms with Crippen LogP contribution in [0.5, 0.6) is 0 Å². The SMILES string of the molecule is Cc1ccc(N2CCCC2)c(C2(CN)CCC2)c1. The van der Waals surface area contributed by atoms with E-state index in [0.29, 0.717) is 0 Å². The third-order valence-corrected chi connectivity index (χ3v) is 4.87. The maximum atomic E-state index is 6.10. The van der Waals surface area contributed by atoms with Crippen molar-refractivity contribution in [3.8, 4) is 0 Å². The van der Waals surface area contributed by atoms with Crippen LogP contribution in [0.4, 0.5) is 5.69 Å². The Morgan fingerprint density at radius 3 is 2.44 bits per heavy atom. The molecule has 1 saturated heterocycles. The fourth-order valence-corrected chi connectivity index (χ4v) is 3.50. The van der Waals surface area contributed by atoms with E-state index >= 15 is 0 Å². The monoisotopic (exact) mass is 244 g/mol. The van der Waals surface area contributed by atoms with Gasteiger partial charge in [-0.1, -0.05) is 24.1 Å². The van der Waals surface area contributed by atoms with Crippen molar-refractivity contribution in [3.05, 3.63) is 29.3 Å². The van der Waals surface area contributed by atoms with Crippen LogP contribution in [0, 0.1) is 6.92 Å². The predicted molar refractivity (Wildman–Crippen MR) is 77.2 cm³/mol. The number of hydrogen-bond acceptors (Lipinski definition) is 2. The van der Waals surface area contributed by atoms with E-state index in [1.807, 2.05) is 0 Å². The van der Waals surface area contributed by atoms with Gasteiger partial charge in [-0.2, -0.15) is 0 Å². The Bertz CT molecular complexity index is 423. The van der Waals surface area contributed by atoms with E-state index in [1.165, 1.54) is 62.0 Å². The number of nitrogens with two attached hydrogens (primary N) is 1. The lowest BCUT2D eigenvalue weighted by Crippen LogP contribution is -2.42. The summed E-state index contributed by atoms with van der Waals surface area (Å²) in [5, 5.41) is 0. The Labute approximate surface area is 110 Å². The van der Waals surface area contributed by atoms with E-state index < -0.39 is 0 Å². The second-order valence-electron chi connectivity index (χ2n) is 6.05. The summed E-state index contributed by atoms with van der Waals surface area (Å²) in [5.74, 6) is 0. The summed E-state index contributed by atoms with van der Waals surface area (Å²) in [6.45, 7) is 5.44. The van der Waals surface area contributed by atoms with Crippen LogP contribution in [-0.4, -0.2) is 19.6 Å². The molecule has 1 aromatic carbocycles. The predicted octanol–water partition coefficient (Wildman–Crippen LogP) is 2.98. The van der Waals surface area contributed by atoms with Crippen molar-refractivity contribution < 1.29 is 0 Å². The van der Waals surface area contributed by atoms with Crippen LogP contribution >= 0.6 is 0 Å². The van der Waals surface area contributed by atoms with Crippen LogP contribution in [0.3, 0.4) is 0 Å². The number of aryl methyl sites for hydroxylation is 1. The molecule has 18 heavy (non-hydrogen) atoms. The van der Waals surface area contributed by atoms with Crippen molar-refractivity contribution in [2.75, 3.05) is 24.5 Å². The zero-order valence-corrected chi connectivity index (χ0v) is 11.4. The molecule has 0 unspecified atom stereocenters. The Hall–Kier alpha value is -1.02. The normalized spacial score (nSPS) is 22.0. The lowest BCUT2D eigenvalue weighted by Gasteiger charge is -2.44. The summed E-state index contributed by atoms with van der Waals surface area (Å²) in [4.78, 5) is 2.56. The second-order valence-corrected chi connectivity index (χ2v) is 6.05. The Kier molecular flexibility index (Phi) is 3.06. The molecule has 0 radical (unpaired) electrons. The summed E-state index contributed by atoms with van der Waals surface area (Å²) >= 11 is 0. The third kappa shape index (κ3) is 1.83. The van der Waals surface area contributed by atoms with Crippen LogP contribution in [0.25, 0.3) is 0 Å². The van der Waals surface area contributed by atoms with Gasteiger partial charge in [0.2, 0.25) is 0 Å². The first-order valence-electron chi connectivity index (χ1n) is 7.31. The fourth-order valence-electron chi connectivity index (χ4n) is 3.50. The Balaban J connectivity index is 2.02. The van der Waals surface area contributed by atoms with Gasteiger partial charge in [0.1, 0.15) is 0 Å². The number of benzene rings is 1. The fraction of sp³-hybridized carbons (Fsp3) is 0.625. The maximum absolute atomic E-state index is 6.10. The van der Waals surface area contributed by atoms with Gasteiger partial charge in [-0.25, -0.2) is 0 Å². The number of hydrogen-bond donors (Lipinski definition) is 1. The van der Waals surface area contributed by atoms with Gasteiger partial charge in [-0.15, -0.1) is 0 Å². The topological polar surface area (TPSA) is 29.3 Å². The maximum Gasteiger partial charge on any atom is 0.0405 e. The van der Waals surface area contributed by atoms with Crippen molar-refractivity contribution in [2.45, 2.75) is 44.4 Å². The second kappa shape index (κ2) is 4.58. The molecule has 3 rings (SSSR count). The number of anilines is 1. The molecule has 0 aromatic heterocycles. The summed E-state index contributed by atoms with van der Waals surface area (Å²) in [7, 11) is 0. The molecule has 2 N–H and O–H groups in total. The Morgan fingerprint density at radius 2 is 1.89 bits per heavy atom. The van der Waals surface area contributed by atoms with Gasteiger partial charge in [-0.3, -0.25) is 0 Å². The van der Waals surface area contributed by atoms with Gasteiger partial charge in [0.05, 0.1) is 0 Å². The molecule has 0 bridgehead atoms. The average Bonchev–Trinajstić information content (AvgIpc) is 2.82. The molecule has 1 aliphatic carbocycles. The molecule has 2 aliphatic rings. The van der Waals surface area contributed by atoms with E-state index in [4.69, 9.17) is 5.73 Å². The molecule has 2 fully saturated rings. The minimum absolute atomic E-state index is 0.282. The first kappa shape index (κ1) is 12.0. The van der Waals surface area contributed by atoms with Crippen molar-refractivity contribution >= 4 is 5.69 Å². The largest absolute Gasteiger partial charge is 0.371 e. The molecule has 2 nitrogen and oxygen atoms in total. The van der Waals surface area contributed by atoms with Gasteiger partial charge in [0, 0.05) is 30.7 Å². The summed E-state index contributed by atoms with van der Waals surface area (Å²) in [5.41, 5.74) is 10.7. The quantitative estimate of drug-likeness (QED) is 0.885. The molecule has 1 heterocycles. The van der Waals surface area contributed by atoms with Crippen LogP contribution in [0.15, 0.2) is 18.2 Å². The van der Waals surface area contributed by atoms with Gasteiger partial charge in [-0.05, 0) is 44.2 Å². The molecule has 0 spiro atoms. The van der Waals surface area contributed by atoms with E-state index in [1.54, 1.807) is 0 Å². The zero-order valence-electron chi connectivity index (χ0n) is 11.4. The summed E-state index contributed by atoms with van der Waals surface area (Å²) < 4.78 is 0. The molecule has 1 aliphatic heterocycles. The molecular formula is C16H24N2. The minimum atomic E-state index is 0.282. The van der Waals surface area contributed by atoms with Crippen LogP contribution < -0.4 is 10.6 Å². The van der Waals surface area contributed by atoms with Gasteiger partial charge in [0.25, 0.3) is 0 Å². The van der Waals surface area contributed by atoms with Gasteiger partial charge >= 0.3 is 0 Å². The molecule has 98 valence electrons.